The highest BCUT2D eigenvalue weighted by Gasteiger charge is 2.46. The molecule has 0 bridgehead atoms. The van der Waals surface area contributed by atoms with E-state index >= 15 is 0 Å². The molecule has 0 unspecified atom stereocenters. The van der Waals surface area contributed by atoms with E-state index in [2.05, 4.69) is 15.4 Å². The molecule has 2 N–H and O–H groups in total. The Bertz CT molecular complexity index is 877. The summed E-state index contributed by atoms with van der Waals surface area (Å²) in [6.45, 7) is 3.67. The summed E-state index contributed by atoms with van der Waals surface area (Å²) in [6, 6.07) is 4.86. The Morgan fingerprint density at radius 2 is 1.88 bits per heavy atom. The molecule has 0 aliphatic rings. The first-order chi connectivity index (χ1) is 11.5. The van der Waals surface area contributed by atoms with Gasteiger partial charge in [-0.3, -0.25) is 14.8 Å². The number of alkyl halides is 3. The molecule has 0 spiro atoms. The first kappa shape index (κ1) is 18.7. The Morgan fingerprint density at radius 1 is 1.24 bits per heavy atom. The number of hydrogen-bond donors (Lipinski definition) is 2. The lowest BCUT2D eigenvalue weighted by Crippen LogP contribution is -2.31. The molecule has 1 aromatic carbocycles. The molecule has 0 radical (unpaired) electrons. The largest absolute Gasteiger partial charge is 0.516 e. The Kier molecular flexibility index (Phi) is 5.02. The summed E-state index contributed by atoms with van der Waals surface area (Å²) in [6.07, 6.45) is 1.37. The van der Waals surface area contributed by atoms with E-state index in [0.717, 1.165) is 6.07 Å². The van der Waals surface area contributed by atoms with Crippen molar-refractivity contribution in [2.45, 2.75) is 25.4 Å². The quantitative estimate of drug-likeness (QED) is 0.832. The summed E-state index contributed by atoms with van der Waals surface area (Å²) in [7, 11) is -5.65. The van der Waals surface area contributed by atoms with Gasteiger partial charge in [-0.25, -0.2) is 9.67 Å². The minimum Gasteiger partial charge on any atom is -0.289 e. The third kappa shape index (κ3) is 4.26. The van der Waals surface area contributed by atoms with Crippen LogP contribution in [0.5, 0.6) is 0 Å². The molecule has 1 heterocycles. The maximum atomic E-state index is 12.5. The van der Waals surface area contributed by atoms with Gasteiger partial charge in [0.1, 0.15) is 6.33 Å². The van der Waals surface area contributed by atoms with Crippen LogP contribution >= 0.6 is 0 Å². The van der Waals surface area contributed by atoms with Crippen molar-refractivity contribution in [3.8, 4) is 0 Å². The molecule has 0 saturated heterocycles. The van der Waals surface area contributed by atoms with E-state index < -0.39 is 27.1 Å². The SMILES string of the molecule is CC(C)n1cnc(NC(=O)c2ccccc2NS(=O)(=O)C(F)(F)F)n1. The zero-order chi connectivity index (χ0) is 18.8. The molecule has 0 aliphatic carbocycles. The number of carbonyl (C=O) groups is 1. The first-order valence-electron chi connectivity index (χ1n) is 6.92. The highest BCUT2D eigenvalue weighted by atomic mass is 32.2. The number of rotatable bonds is 5. The average molecular weight is 377 g/mol. The molecule has 0 atom stereocenters. The number of para-hydroxylation sites is 1. The summed E-state index contributed by atoms with van der Waals surface area (Å²) in [5.74, 6) is -0.922. The molecule has 8 nitrogen and oxygen atoms in total. The van der Waals surface area contributed by atoms with Crippen LogP contribution in [0.1, 0.15) is 30.2 Å². The number of nitrogens with zero attached hydrogens (tertiary/aromatic N) is 3. The zero-order valence-electron chi connectivity index (χ0n) is 13.1. The Hall–Kier alpha value is -2.63. The predicted octanol–water partition coefficient (Wildman–Crippen LogP) is 2.37. The van der Waals surface area contributed by atoms with Crippen LogP contribution in [0.4, 0.5) is 24.8 Å². The van der Waals surface area contributed by atoms with Gasteiger partial charge in [-0.05, 0) is 26.0 Å². The second-order valence-corrected chi connectivity index (χ2v) is 6.87. The van der Waals surface area contributed by atoms with Gasteiger partial charge in [0.25, 0.3) is 5.91 Å². The molecular formula is C13H14F3N5O3S. The second-order valence-electron chi connectivity index (χ2n) is 5.19. The lowest BCUT2D eigenvalue weighted by Gasteiger charge is -2.13. The van der Waals surface area contributed by atoms with Gasteiger partial charge < -0.3 is 0 Å². The van der Waals surface area contributed by atoms with Crippen LogP contribution in [0.3, 0.4) is 0 Å². The molecule has 0 aliphatic heterocycles. The Labute approximate surface area is 141 Å². The van der Waals surface area contributed by atoms with Crippen LogP contribution in [0.15, 0.2) is 30.6 Å². The first-order valence-corrected chi connectivity index (χ1v) is 8.40. The lowest BCUT2D eigenvalue weighted by molar-refractivity contribution is -0.0429. The van der Waals surface area contributed by atoms with Gasteiger partial charge in [0.15, 0.2) is 0 Å². The highest BCUT2D eigenvalue weighted by molar-refractivity contribution is 7.93. The molecule has 1 aromatic heterocycles. The number of halogens is 3. The number of hydrogen-bond acceptors (Lipinski definition) is 5. The van der Waals surface area contributed by atoms with E-state index in [9.17, 15) is 26.4 Å². The smallest absolute Gasteiger partial charge is 0.289 e. The van der Waals surface area contributed by atoms with E-state index in [1.807, 2.05) is 13.8 Å². The molecule has 0 fully saturated rings. The molecule has 1 amide bonds. The topological polar surface area (TPSA) is 106 Å². The summed E-state index contributed by atoms with van der Waals surface area (Å²) < 4.78 is 62.8. The Balaban J connectivity index is 2.26. The van der Waals surface area contributed by atoms with Crippen LogP contribution in [-0.2, 0) is 10.0 Å². The van der Waals surface area contributed by atoms with Crippen molar-refractivity contribution in [1.29, 1.82) is 0 Å². The van der Waals surface area contributed by atoms with Crippen molar-refractivity contribution in [3.05, 3.63) is 36.2 Å². The normalized spacial score (nSPS) is 12.2. The number of nitrogens with one attached hydrogen (secondary N) is 2. The third-order valence-corrected chi connectivity index (χ3v) is 4.08. The van der Waals surface area contributed by atoms with Gasteiger partial charge in [-0.2, -0.15) is 21.6 Å². The number of carbonyl (C=O) groups excluding carboxylic acids is 1. The second kappa shape index (κ2) is 6.70. The Morgan fingerprint density at radius 3 is 2.44 bits per heavy atom. The molecule has 136 valence electrons. The summed E-state index contributed by atoms with van der Waals surface area (Å²) in [4.78, 5) is 16.1. The molecule has 2 aromatic rings. The van der Waals surface area contributed by atoms with Gasteiger partial charge in [0.05, 0.1) is 11.3 Å². The summed E-state index contributed by atoms with van der Waals surface area (Å²) in [5.41, 5.74) is -6.33. The van der Waals surface area contributed by atoms with Crippen LogP contribution in [0.2, 0.25) is 0 Å². The van der Waals surface area contributed by atoms with Crippen LogP contribution in [0.25, 0.3) is 0 Å². The summed E-state index contributed by atoms with van der Waals surface area (Å²) >= 11 is 0. The molecular weight excluding hydrogens is 363 g/mol. The minimum absolute atomic E-state index is 0.0102. The fourth-order valence-corrected chi connectivity index (χ4v) is 2.31. The third-order valence-electron chi connectivity index (χ3n) is 2.98. The van der Waals surface area contributed by atoms with Gasteiger partial charge >= 0.3 is 15.5 Å². The summed E-state index contributed by atoms with van der Waals surface area (Å²) in [5, 5.41) is 6.27. The van der Waals surface area contributed by atoms with Crippen molar-refractivity contribution in [2.75, 3.05) is 10.0 Å². The van der Waals surface area contributed by atoms with Gasteiger partial charge in [-0.15, -0.1) is 5.10 Å². The fraction of sp³-hybridized carbons (Fsp3) is 0.308. The number of aromatic nitrogens is 3. The van der Waals surface area contributed by atoms with E-state index in [1.165, 1.54) is 33.9 Å². The van der Waals surface area contributed by atoms with Crippen LogP contribution in [0, 0.1) is 0 Å². The minimum atomic E-state index is -5.65. The highest BCUT2D eigenvalue weighted by Crippen LogP contribution is 2.27. The molecule has 12 heteroatoms. The maximum Gasteiger partial charge on any atom is 0.516 e. The predicted molar refractivity (Wildman–Crippen MR) is 83.4 cm³/mol. The lowest BCUT2D eigenvalue weighted by atomic mass is 10.2. The van der Waals surface area contributed by atoms with Gasteiger partial charge in [0, 0.05) is 6.04 Å². The standard InChI is InChI=1S/C13H14F3N5O3S/c1-8(2)21-7-17-12(19-21)18-11(22)9-5-3-4-6-10(9)20-25(23,24)13(14,15)16/h3-8,20H,1-2H3,(H,18,19,22). The maximum absolute atomic E-state index is 12.5. The van der Waals surface area contributed by atoms with Crippen LogP contribution in [-0.4, -0.2) is 34.6 Å². The molecule has 0 saturated carbocycles. The van der Waals surface area contributed by atoms with Crippen LogP contribution < -0.4 is 10.0 Å². The van der Waals surface area contributed by atoms with Crippen molar-refractivity contribution in [2.24, 2.45) is 0 Å². The van der Waals surface area contributed by atoms with E-state index in [0.29, 0.717) is 0 Å². The number of anilines is 2. The molecule has 2 rings (SSSR count). The molecule has 25 heavy (non-hydrogen) atoms. The number of amides is 1. The van der Waals surface area contributed by atoms with E-state index in [4.69, 9.17) is 0 Å². The van der Waals surface area contributed by atoms with Gasteiger partial charge in [-0.1, -0.05) is 12.1 Å². The monoisotopic (exact) mass is 377 g/mol. The van der Waals surface area contributed by atoms with E-state index in [1.54, 1.807) is 0 Å². The average Bonchev–Trinajstić information content (AvgIpc) is 2.95. The van der Waals surface area contributed by atoms with Crippen molar-refractivity contribution < 1.29 is 26.4 Å². The zero-order valence-corrected chi connectivity index (χ0v) is 13.9. The van der Waals surface area contributed by atoms with E-state index in [-0.39, 0.29) is 17.6 Å². The van der Waals surface area contributed by atoms with Gasteiger partial charge in [0.2, 0.25) is 5.95 Å². The number of sulfonamides is 1. The van der Waals surface area contributed by atoms with Crippen molar-refractivity contribution in [1.82, 2.24) is 14.8 Å². The van der Waals surface area contributed by atoms with Crippen molar-refractivity contribution >= 4 is 27.6 Å². The number of benzene rings is 1. The van der Waals surface area contributed by atoms with Crippen molar-refractivity contribution in [3.63, 3.8) is 0 Å². The fourth-order valence-electron chi connectivity index (χ4n) is 1.72.